The molecule has 2 aromatic carbocycles. The van der Waals surface area contributed by atoms with E-state index in [2.05, 4.69) is 21.7 Å². The standard InChI is InChI=1S/C19H17ClN4O2/c1-11-4-2-5-13(17(11)20)15-12(10-21)6-7-14(25)16(15)18(26)24-19-22-8-3-9-23-19/h2,4-7,25H,3,8-9H2,1H3,(H2,22,23,24,26). The van der Waals surface area contributed by atoms with Gasteiger partial charge in [-0.15, -0.1) is 0 Å². The van der Waals surface area contributed by atoms with E-state index in [1.807, 2.05) is 13.0 Å². The van der Waals surface area contributed by atoms with Gasteiger partial charge in [0.15, 0.2) is 5.96 Å². The van der Waals surface area contributed by atoms with Crippen LogP contribution in [0.25, 0.3) is 11.1 Å². The smallest absolute Gasteiger partial charge is 0.262 e. The third-order valence-electron chi connectivity index (χ3n) is 4.12. The average Bonchev–Trinajstić information content (AvgIpc) is 2.64. The largest absolute Gasteiger partial charge is 0.507 e. The Morgan fingerprint density at radius 3 is 2.88 bits per heavy atom. The number of aliphatic imine (C=N–C) groups is 1. The molecule has 3 rings (SSSR count). The van der Waals surface area contributed by atoms with Gasteiger partial charge >= 0.3 is 0 Å². The van der Waals surface area contributed by atoms with Crippen molar-refractivity contribution >= 4 is 23.5 Å². The first kappa shape index (κ1) is 17.8. The van der Waals surface area contributed by atoms with Gasteiger partial charge in [-0.25, -0.2) is 0 Å². The maximum atomic E-state index is 12.8. The Labute approximate surface area is 156 Å². The van der Waals surface area contributed by atoms with E-state index in [1.54, 1.807) is 12.1 Å². The molecule has 1 heterocycles. The van der Waals surface area contributed by atoms with Gasteiger partial charge in [0.25, 0.3) is 5.91 Å². The van der Waals surface area contributed by atoms with Crippen LogP contribution in [0.5, 0.6) is 5.75 Å². The van der Waals surface area contributed by atoms with E-state index in [-0.39, 0.29) is 16.9 Å². The fourth-order valence-corrected chi connectivity index (χ4v) is 3.04. The SMILES string of the molecule is Cc1cccc(-c2c(C#N)ccc(O)c2C(=O)NC2=NCCCN2)c1Cl. The lowest BCUT2D eigenvalue weighted by molar-refractivity contribution is 0.0973. The number of halogens is 1. The van der Waals surface area contributed by atoms with E-state index in [4.69, 9.17) is 11.6 Å². The van der Waals surface area contributed by atoms with Crippen molar-refractivity contribution in [2.24, 2.45) is 4.99 Å². The van der Waals surface area contributed by atoms with Crippen LogP contribution in [0.2, 0.25) is 5.02 Å². The maximum absolute atomic E-state index is 12.8. The summed E-state index contributed by atoms with van der Waals surface area (Å²) >= 11 is 6.42. The average molecular weight is 369 g/mol. The summed E-state index contributed by atoms with van der Waals surface area (Å²) in [6.07, 6.45) is 0.888. The summed E-state index contributed by atoms with van der Waals surface area (Å²) in [5, 5.41) is 26.0. The van der Waals surface area contributed by atoms with E-state index in [0.717, 1.165) is 12.0 Å². The molecular weight excluding hydrogens is 352 g/mol. The number of phenolic OH excluding ortho intramolecular Hbond substituents is 1. The Morgan fingerprint density at radius 2 is 2.19 bits per heavy atom. The second-order valence-electron chi connectivity index (χ2n) is 5.90. The molecule has 0 spiro atoms. The summed E-state index contributed by atoms with van der Waals surface area (Å²) in [5.41, 5.74) is 1.87. The molecular formula is C19H17ClN4O2. The van der Waals surface area contributed by atoms with Crippen LogP contribution in [0, 0.1) is 18.3 Å². The number of hydrogen-bond acceptors (Lipinski definition) is 5. The molecule has 0 aromatic heterocycles. The predicted molar refractivity (Wildman–Crippen MR) is 100 cm³/mol. The summed E-state index contributed by atoms with van der Waals surface area (Å²) in [4.78, 5) is 17.0. The van der Waals surface area contributed by atoms with Gasteiger partial charge in [-0.05, 0) is 31.0 Å². The van der Waals surface area contributed by atoms with Crippen molar-refractivity contribution in [3.63, 3.8) is 0 Å². The van der Waals surface area contributed by atoms with Crippen LogP contribution >= 0.6 is 11.6 Å². The maximum Gasteiger partial charge on any atom is 0.262 e. The quantitative estimate of drug-likeness (QED) is 0.759. The summed E-state index contributed by atoms with van der Waals surface area (Å²) < 4.78 is 0. The summed E-state index contributed by atoms with van der Waals surface area (Å²) in [6, 6.07) is 10.2. The van der Waals surface area contributed by atoms with Gasteiger partial charge in [-0.3, -0.25) is 15.1 Å². The van der Waals surface area contributed by atoms with Crippen molar-refractivity contribution in [1.82, 2.24) is 10.6 Å². The number of nitrogens with zero attached hydrogens (tertiary/aromatic N) is 2. The summed E-state index contributed by atoms with van der Waals surface area (Å²) in [7, 11) is 0. The highest BCUT2D eigenvalue weighted by atomic mass is 35.5. The lowest BCUT2D eigenvalue weighted by atomic mass is 9.92. The minimum Gasteiger partial charge on any atom is -0.507 e. The monoisotopic (exact) mass is 368 g/mol. The first-order valence-corrected chi connectivity index (χ1v) is 8.52. The zero-order chi connectivity index (χ0) is 18.7. The molecule has 0 aliphatic carbocycles. The molecule has 2 aromatic rings. The Kier molecular flexibility index (Phi) is 5.10. The molecule has 0 saturated carbocycles. The molecule has 0 radical (unpaired) electrons. The van der Waals surface area contributed by atoms with Gasteiger partial charge in [-0.1, -0.05) is 29.8 Å². The number of guanidine groups is 1. The van der Waals surface area contributed by atoms with Crippen LogP contribution in [-0.4, -0.2) is 30.1 Å². The van der Waals surface area contributed by atoms with Gasteiger partial charge in [0.1, 0.15) is 5.75 Å². The summed E-state index contributed by atoms with van der Waals surface area (Å²) in [5.74, 6) is -0.435. The Hall–Kier alpha value is -3.04. The number of rotatable bonds is 2. The van der Waals surface area contributed by atoms with E-state index in [1.165, 1.54) is 12.1 Å². The van der Waals surface area contributed by atoms with E-state index in [0.29, 0.717) is 35.2 Å². The highest BCUT2D eigenvalue weighted by molar-refractivity contribution is 6.34. The van der Waals surface area contributed by atoms with Crippen LogP contribution in [0.4, 0.5) is 0 Å². The van der Waals surface area contributed by atoms with Crippen molar-refractivity contribution in [1.29, 1.82) is 5.26 Å². The Bertz CT molecular complexity index is 947. The van der Waals surface area contributed by atoms with E-state index in [9.17, 15) is 15.2 Å². The van der Waals surface area contributed by atoms with Crippen LogP contribution < -0.4 is 10.6 Å². The highest BCUT2D eigenvalue weighted by Gasteiger charge is 2.24. The van der Waals surface area contributed by atoms with Crippen LogP contribution in [-0.2, 0) is 0 Å². The predicted octanol–water partition coefficient (Wildman–Crippen LogP) is 2.97. The molecule has 26 heavy (non-hydrogen) atoms. The normalized spacial score (nSPS) is 13.3. The molecule has 1 aliphatic heterocycles. The lowest BCUT2D eigenvalue weighted by Crippen LogP contribution is -2.43. The molecule has 0 saturated heterocycles. The van der Waals surface area contributed by atoms with Crippen molar-refractivity contribution in [3.8, 4) is 22.9 Å². The fourth-order valence-electron chi connectivity index (χ4n) is 2.82. The zero-order valence-electron chi connectivity index (χ0n) is 14.1. The molecule has 132 valence electrons. The second-order valence-corrected chi connectivity index (χ2v) is 6.27. The van der Waals surface area contributed by atoms with Gasteiger partial charge in [0.05, 0.1) is 22.2 Å². The molecule has 0 unspecified atom stereocenters. The molecule has 3 N–H and O–H groups in total. The van der Waals surface area contributed by atoms with Crippen molar-refractivity contribution in [2.45, 2.75) is 13.3 Å². The van der Waals surface area contributed by atoms with Crippen LogP contribution in [0.3, 0.4) is 0 Å². The number of amides is 1. The number of aromatic hydroxyl groups is 1. The van der Waals surface area contributed by atoms with Crippen LogP contribution in [0.15, 0.2) is 35.3 Å². The van der Waals surface area contributed by atoms with Gasteiger partial charge in [-0.2, -0.15) is 5.26 Å². The number of nitriles is 1. The lowest BCUT2D eigenvalue weighted by Gasteiger charge is -2.18. The molecule has 0 atom stereocenters. The van der Waals surface area contributed by atoms with Gasteiger partial charge < -0.3 is 10.4 Å². The Morgan fingerprint density at radius 1 is 1.38 bits per heavy atom. The first-order valence-electron chi connectivity index (χ1n) is 8.14. The first-order chi connectivity index (χ1) is 12.5. The number of phenols is 1. The number of aryl methyl sites for hydroxylation is 1. The number of carbonyl (C=O) groups excluding carboxylic acids is 1. The zero-order valence-corrected chi connectivity index (χ0v) is 14.9. The molecule has 1 aliphatic rings. The molecule has 7 heteroatoms. The third-order valence-corrected chi connectivity index (χ3v) is 4.62. The minimum atomic E-state index is -0.555. The minimum absolute atomic E-state index is 0.00776. The second kappa shape index (κ2) is 7.46. The van der Waals surface area contributed by atoms with Gasteiger partial charge in [0, 0.05) is 24.2 Å². The van der Waals surface area contributed by atoms with Crippen LogP contribution in [0.1, 0.15) is 27.9 Å². The number of benzene rings is 2. The summed E-state index contributed by atoms with van der Waals surface area (Å²) in [6.45, 7) is 3.16. The van der Waals surface area contributed by atoms with Crippen molar-refractivity contribution in [3.05, 3.63) is 52.0 Å². The molecule has 1 amide bonds. The molecule has 6 nitrogen and oxygen atoms in total. The van der Waals surface area contributed by atoms with Crippen molar-refractivity contribution < 1.29 is 9.90 Å². The highest BCUT2D eigenvalue weighted by Crippen LogP contribution is 2.38. The third kappa shape index (κ3) is 3.35. The van der Waals surface area contributed by atoms with Crippen molar-refractivity contribution in [2.75, 3.05) is 13.1 Å². The fraction of sp³-hybridized carbons (Fsp3) is 0.211. The van der Waals surface area contributed by atoms with E-state index >= 15 is 0 Å². The number of carbonyl (C=O) groups is 1. The Balaban J connectivity index is 2.16. The van der Waals surface area contributed by atoms with E-state index < -0.39 is 5.91 Å². The number of nitrogens with one attached hydrogen (secondary N) is 2. The topological polar surface area (TPSA) is 97.5 Å². The molecule has 0 bridgehead atoms. The molecule has 0 fully saturated rings. The van der Waals surface area contributed by atoms with Gasteiger partial charge in [0.2, 0.25) is 0 Å². The number of hydrogen-bond donors (Lipinski definition) is 3.